The van der Waals surface area contributed by atoms with Gasteiger partial charge in [0.1, 0.15) is 0 Å². The second kappa shape index (κ2) is 6.83. The minimum atomic E-state index is -0.0846. The van der Waals surface area contributed by atoms with E-state index in [4.69, 9.17) is 10.6 Å². The Balaban J connectivity index is 2.22. The molecule has 0 aromatic rings. The van der Waals surface area contributed by atoms with Gasteiger partial charge in [0.25, 0.3) is 0 Å². The van der Waals surface area contributed by atoms with Crippen LogP contribution in [0.25, 0.3) is 0 Å². The molecule has 0 aliphatic carbocycles. The van der Waals surface area contributed by atoms with Crippen LogP contribution >= 0.6 is 0 Å². The van der Waals surface area contributed by atoms with E-state index in [2.05, 4.69) is 17.2 Å². The van der Waals surface area contributed by atoms with Crippen molar-refractivity contribution in [1.82, 2.24) is 10.3 Å². The van der Waals surface area contributed by atoms with Gasteiger partial charge in [-0.1, -0.05) is 0 Å². The molecule has 16 heavy (non-hydrogen) atoms. The van der Waals surface area contributed by atoms with Crippen LogP contribution in [0.2, 0.25) is 0 Å². The number of methoxy groups -OCH3 is 1. The molecule has 5 nitrogen and oxygen atoms in total. The number of carbonyl (C=O) groups is 1. The quantitative estimate of drug-likeness (QED) is 0.403. The monoisotopic (exact) mass is 229 g/mol. The van der Waals surface area contributed by atoms with Gasteiger partial charge in [0.15, 0.2) is 0 Å². The Morgan fingerprint density at radius 1 is 1.56 bits per heavy atom. The smallest absolute Gasteiger partial charge is 0.233 e. The summed E-state index contributed by atoms with van der Waals surface area (Å²) in [5.41, 5.74) is 2.16. The molecule has 94 valence electrons. The average Bonchev–Trinajstić information content (AvgIpc) is 2.35. The third kappa shape index (κ3) is 4.08. The number of amides is 1. The van der Waals surface area contributed by atoms with Crippen molar-refractivity contribution in [3.8, 4) is 0 Å². The molecule has 1 amide bonds. The lowest BCUT2D eigenvalue weighted by Crippen LogP contribution is -2.42. The van der Waals surface area contributed by atoms with Crippen molar-refractivity contribution in [2.75, 3.05) is 20.2 Å². The van der Waals surface area contributed by atoms with E-state index in [1.807, 2.05) is 0 Å². The first-order chi connectivity index (χ1) is 7.67. The number of ether oxygens (including phenoxy) is 1. The molecule has 1 saturated heterocycles. The van der Waals surface area contributed by atoms with Crippen molar-refractivity contribution in [3.63, 3.8) is 0 Å². The molecule has 0 radical (unpaired) electrons. The summed E-state index contributed by atoms with van der Waals surface area (Å²) >= 11 is 0. The first-order valence-electron chi connectivity index (χ1n) is 5.93. The molecular weight excluding hydrogens is 206 g/mol. The van der Waals surface area contributed by atoms with E-state index >= 15 is 0 Å². The summed E-state index contributed by atoms with van der Waals surface area (Å²) in [4.78, 5) is 13.4. The van der Waals surface area contributed by atoms with E-state index in [1.54, 1.807) is 7.11 Å². The van der Waals surface area contributed by atoms with Crippen molar-refractivity contribution in [2.45, 2.75) is 44.8 Å². The number of nitrogens with two attached hydrogens (primary N) is 1. The SMILES string of the molecule is COC1CCN(C(C)CCC(=O)NN)CC1. The van der Waals surface area contributed by atoms with Crippen LogP contribution in [0, 0.1) is 0 Å². The second-order valence-electron chi connectivity index (χ2n) is 4.43. The fourth-order valence-electron chi connectivity index (χ4n) is 2.15. The Kier molecular flexibility index (Phi) is 5.73. The van der Waals surface area contributed by atoms with Gasteiger partial charge in [0.2, 0.25) is 5.91 Å². The van der Waals surface area contributed by atoms with Crippen LogP contribution in [-0.4, -0.2) is 43.2 Å². The zero-order valence-corrected chi connectivity index (χ0v) is 10.2. The van der Waals surface area contributed by atoms with Gasteiger partial charge in [-0.05, 0) is 26.2 Å². The minimum absolute atomic E-state index is 0.0846. The van der Waals surface area contributed by atoms with Gasteiger partial charge in [0.05, 0.1) is 6.10 Å². The van der Waals surface area contributed by atoms with E-state index in [0.717, 1.165) is 32.4 Å². The average molecular weight is 229 g/mol. The van der Waals surface area contributed by atoms with E-state index in [-0.39, 0.29) is 5.91 Å². The molecule has 1 atom stereocenters. The van der Waals surface area contributed by atoms with Crippen molar-refractivity contribution in [2.24, 2.45) is 5.84 Å². The summed E-state index contributed by atoms with van der Waals surface area (Å²) < 4.78 is 5.33. The van der Waals surface area contributed by atoms with Crippen molar-refractivity contribution >= 4 is 5.91 Å². The summed E-state index contributed by atoms with van der Waals surface area (Å²) in [7, 11) is 1.77. The molecule has 0 aromatic carbocycles. The minimum Gasteiger partial charge on any atom is -0.381 e. The number of nitrogens with one attached hydrogen (secondary N) is 1. The molecule has 1 heterocycles. The number of carbonyl (C=O) groups excluding carboxylic acids is 1. The molecule has 0 saturated carbocycles. The fourth-order valence-corrected chi connectivity index (χ4v) is 2.15. The molecule has 1 aliphatic heterocycles. The maximum Gasteiger partial charge on any atom is 0.233 e. The lowest BCUT2D eigenvalue weighted by atomic mass is 10.0. The van der Waals surface area contributed by atoms with Crippen molar-refractivity contribution in [3.05, 3.63) is 0 Å². The van der Waals surface area contributed by atoms with Crippen LogP contribution in [0.3, 0.4) is 0 Å². The molecule has 3 N–H and O–H groups in total. The van der Waals surface area contributed by atoms with Crippen LogP contribution in [0.1, 0.15) is 32.6 Å². The van der Waals surface area contributed by atoms with Crippen LogP contribution < -0.4 is 11.3 Å². The van der Waals surface area contributed by atoms with E-state index in [1.165, 1.54) is 0 Å². The van der Waals surface area contributed by atoms with Gasteiger partial charge >= 0.3 is 0 Å². The van der Waals surface area contributed by atoms with E-state index in [9.17, 15) is 4.79 Å². The Hall–Kier alpha value is -0.650. The summed E-state index contributed by atoms with van der Waals surface area (Å²) in [6, 6.07) is 0.440. The highest BCUT2D eigenvalue weighted by Crippen LogP contribution is 2.17. The molecule has 1 rings (SSSR count). The Bertz CT molecular complexity index is 215. The lowest BCUT2D eigenvalue weighted by molar-refractivity contribution is -0.121. The predicted octanol–water partition coefficient (Wildman–Crippen LogP) is 0.256. The molecule has 1 unspecified atom stereocenters. The Morgan fingerprint density at radius 3 is 2.69 bits per heavy atom. The number of likely N-dealkylation sites (tertiary alicyclic amines) is 1. The molecule has 0 spiro atoms. The Labute approximate surface area is 97.3 Å². The Morgan fingerprint density at radius 2 is 2.19 bits per heavy atom. The highest BCUT2D eigenvalue weighted by molar-refractivity contribution is 5.75. The maximum atomic E-state index is 11.0. The zero-order valence-electron chi connectivity index (χ0n) is 10.2. The van der Waals surface area contributed by atoms with Crippen LogP contribution in [-0.2, 0) is 9.53 Å². The molecule has 1 fully saturated rings. The normalized spacial score (nSPS) is 20.7. The molecule has 1 aliphatic rings. The topological polar surface area (TPSA) is 67.6 Å². The third-order valence-electron chi connectivity index (χ3n) is 3.38. The van der Waals surface area contributed by atoms with Gasteiger partial charge < -0.3 is 9.64 Å². The van der Waals surface area contributed by atoms with Gasteiger partial charge in [0, 0.05) is 32.7 Å². The maximum absolute atomic E-state index is 11.0. The van der Waals surface area contributed by atoms with E-state index in [0.29, 0.717) is 18.6 Å². The standard InChI is InChI=1S/C11H23N3O2/c1-9(3-4-11(15)13-12)14-7-5-10(16-2)6-8-14/h9-10H,3-8,12H2,1-2H3,(H,13,15). The predicted molar refractivity (Wildman–Crippen MR) is 62.6 cm³/mol. The molecule has 5 heteroatoms. The van der Waals surface area contributed by atoms with Gasteiger partial charge in [-0.15, -0.1) is 0 Å². The largest absolute Gasteiger partial charge is 0.381 e. The summed E-state index contributed by atoms with van der Waals surface area (Å²) in [5.74, 6) is 4.96. The van der Waals surface area contributed by atoms with Crippen molar-refractivity contribution in [1.29, 1.82) is 0 Å². The summed E-state index contributed by atoms with van der Waals surface area (Å²) in [6.07, 6.45) is 3.95. The molecular formula is C11H23N3O2. The first-order valence-corrected chi connectivity index (χ1v) is 5.93. The summed E-state index contributed by atoms with van der Waals surface area (Å²) in [6.45, 7) is 4.28. The number of hydrogen-bond donors (Lipinski definition) is 2. The zero-order chi connectivity index (χ0) is 12.0. The fraction of sp³-hybridized carbons (Fsp3) is 0.909. The van der Waals surface area contributed by atoms with Crippen molar-refractivity contribution < 1.29 is 9.53 Å². The van der Waals surface area contributed by atoms with Crippen LogP contribution in [0.4, 0.5) is 0 Å². The summed E-state index contributed by atoms with van der Waals surface area (Å²) in [5, 5.41) is 0. The molecule has 0 bridgehead atoms. The van der Waals surface area contributed by atoms with Gasteiger partial charge in [-0.3, -0.25) is 10.2 Å². The van der Waals surface area contributed by atoms with Gasteiger partial charge in [-0.25, -0.2) is 5.84 Å². The van der Waals surface area contributed by atoms with Crippen LogP contribution in [0.15, 0.2) is 0 Å². The number of hydrazine groups is 1. The highest BCUT2D eigenvalue weighted by atomic mass is 16.5. The molecule has 0 aromatic heterocycles. The number of rotatable bonds is 5. The van der Waals surface area contributed by atoms with E-state index < -0.39 is 0 Å². The third-order valence-corrected chi connectivity index (χ3v) is 3.38. The van der Waals surface area contributed by atoms with Gasteiger partial charge in [-0.2, -0.15) is 0 Å². The second-order valence-corrected chi connectivity index (χ2v) is 4.43. The number of hydrogen-bond acceptors (Lipinski definition) is 4. The number of nitrogens with zero attached hydrogens (tertiary/aromatic N) is 1. The highest BCUT2D eigenvalue weighted by Gasteiger charge is 2.22. The lowest BCUT2D eigenvalue weighted by Gasteiger charge is -2.35. The number of piperidine rings is 1. The first kappa shape index (κ1) is 13.4. The van der Waals surface area contributed by atoms with Crippen LogP contribution in [0.5, 0.6) is 0 Å².